The molecule has 19 heteroatoms. The van der Waals surface area contributed by atoms with E-state index in [0.29, 0.717) is 38.0 Å². The zero-order valence-electron chi connectivity index (χ0n) is 62.9. The number of ketones is 2. The van der Waals surface area contributed by atoms with Crippen molar-refractivity contribution in [2.75, 3.05) is 53.4 Å². The van der Waals surface area contributed by atoms with E-state index in [4.69, 9.17) is 23.2 Å². The Balaban J connectivity index is -0.000000144. The predicted octanol–water partition coefficient (Wildman–Crippen LogP) is 16.8. The Labute approximate surface area is 564 Å². The van der Waals surface area contributed by atoms with Gasteiger partial charge in [0.05, 0.1) is 0 Å². The highest BCUT2D eigenvalue weighted by Gasteiger charge is 2.37. The number of carbonyl (C=O) groups is 8. The van der Waals surface area contributed by atoms with E-state index in [1.54, 1.807) is 56.8 Å². The second-order valence-electron chi connectivity index (χ2n) is 32.0. The molecule has 0 aromatic rings. The fraction of sp³-hybridized carbons (Fsp3) is 0.722. The summed E-state index contributed by atoms with van der Waals surface area (Å²) in [7, 11) is 3.59. The molecule has 4 N–H and O–H groups in total. The molecule has 6 amide bonds. The van der Waals surface area contributed by atoms with E-state index in [2.05, 4.69) is 200 Å². The quantitative estimate of drug-likeness (QED) is 0.0725. The van der Waals surface area contributed by atoms with Gasteiger partial charge in [0.1, 0.15) is 16.3 Å². The second-order valence-corrected chi connectivity index (χ2v) is 33.3. The summed E-state index contributed by atoms with van der Waals surface area (Å²) >= 11 is 11.1. The fourth-order valence-electron chi connectivity index (χ4n) is 5.15. The van der Waals surface area contributed by atoms with Crippen LogP contribution in [0.2, 0.25) is 0 Å². The largest absolute Gasteiger partial charge is 0.421 e. The van der Waals surface area contributed by atoms with Crippen LogP contribution in [0.4, 0.5) is 13.2 Å². The van der Waals surface area contributed by atoms with Crippen LogP contribution in [0, 0.1) is 43.3 Å². The van der Waals surface area contributed by atoms with Crippen molar-refractivity contribution in [3.05, 3.63) is 74.4 Å². The monoisotopic (exact) mass is 1340 g/mol. The third-order valence-electron chi connectivity index (χ3n) is 10.7. The number of alkyl halides is 5. The van der Waals surface area contributed by atoms with E-state index in [-0.39, 0.29) is 91.0 Å². The number of amides is 6. The summed E-state index contributed by atoms with van der Waals surface area (Å²) in [5.41, 5.74) is 0.338. The molecule has 14 nitrogen and oxygen atoms in total. The topological polar surface area (TPSA) is 191 Å². The number of rotatable bonds is 19. The first-order valence-electron chi connectivity index (χ1n) is 31.0. The number of halogens is 5. The molecule has 0 radical (unpaired) electrons. The minimum atomic E-state index is -4.65. The first-order chi connectivity index (χ1) is 40.2. The van der Waals surface area contributed by atoms with Crippen molar-refractivity contribution in [2.24, 2.45) is 43.3 Å². The van der Waals surface area contributed by atoms with E-state index in [1.165, 1.54) is 18.2 Å². The van der Waals surface area contributed by atoms with Crippen LogP contribution in [0.25, 0.3) is 0 Å². The lowest BCUT2D eigenvalue weighted by Crippen LogP contribution is -2.36. The molecule has 1 unspecified atom stereocenters. The zero-order valence-corrected chi connectivity index (χ0v) is 64.4. The van der Waals surface area contributed by atoms with Crippen LogP contribution in [0.1, 0.15) is 226 Å². The Kier molecular flexibility index (Phi) is 54.6. The Hall–Kier alpha value is -5.03. The minimum Gasteiger partial charge on any atom is -0.354 e. The van der Waals surface area contributed by atoms with E-state index >= 15 is 0 Å². The van der Waals surface area contributed by atoms with Gasteiger partial charge in [-0.2, -0.15) is 13.2 Å². The van der Waals surface area contributed by atoms with Crippen molar-refractivity contribution in [2.45, 2.75) is 243 Å². The zero-order chi connectivity index (χ0) is 74.7. The molecule has 0 fully saturated rings. The molecule has 0 aromatic heterocycles. The summed E-state index contributed by atoms with van der Waals surface area (Å²) in [5, 5.41) is 9.59. The standard InChI is InChI=1S/C10H19NO.C10H18O.C9H14F3NO.2C9H17NO.C9H16O.2C8H16ClNO/c1-6-9(12)11(5)8-7-10(2,3)4;1-5-6-9(11)7-8-10(2,3)4;1-6(9(10,11)12)7(14)13-5-8(2,3)4;1-7(2)8(11)10-6-9(3,4)5;1-6-8(11)10(5)7-9(2,3)4;1-5-8(10)6-7-9(2,3)4;2*1-6(9)7(11)10-5-8(2,3)4/h6H,1,7-8H2,2-5H3;5-6H,7-8H2,1-4H3;1,5H2,2-4H3,(H,13,14);1,6H2,2-5H3,(H,10,11);6H,1,7H2,2-5H3;5H,1,6-7H2,2-4H3;2*6H,5H2,1-4H3,(H,10,11)/b;6-5+;;;;;;/t;;;;;;6-;/m......1./s1. The minimum absolute atomic E-state index is 0.000694. The molecule has 0 rings (SSSR count). The third-order valence-corrected chi connectivity index (χ3v) is 11.1. The molecule has 0 aliphatic heterocycles. The van der Waals surface area contributed by atoms with E-state index in [0.717, 1.165) is 32.4 Å². The van der Waals surface area contributed by atoms with Gasteiger partial charge >= 0.3 is 6.18 Å². The van der Waals surface area contributed by atoms with Gasteiger partial charge in [0.15, 0.2) is 11.6 Å². The van der Waals surface area contributed by atoms with Crippen molar-refractivity contribution in [3.63, 3.8) is 0 Å². The number of carbonyl (C=O) groups excluding carboxylic acids is 8. The maximum absolute atomic E-state index is 12.0. The molecule has 0 spiro atoms. The van der Waals surface area contributed by atoms with Gasteiger partial charge in [-0.15, -0.1) is 23.2 Å². The van der Waals surface area contributed by atoms with Crippen molar-refractivity contribution < 1.29 is 51.5 Å². The van der Waals surface area contributed by atoms with Crippen LogP contribution in [-0.4, -0.2) is 127 Å². The molecule has 0 saturated heterocycles. The van der Waals surface area contributed by atoms with Crippen molar-refractivity contribution in [3.8, 4) is 0 Å². The molecule has 0 saturated carbocycles. The molecular weight excluding hydrogens is 1200 g/mol. The van der Waals surface area contributed by atoms with Crippen LogP contribution in [0.3, 0.4) is 0 Å². The number of hydrogen-bond acceptors (Lipinski definition) is 8. The van der Waals surface area contributed by atoms with Gasteiger partial charge in [-0.05, 0) is 115 Å². The van der Waals surface area contributed by atoms with Crippen LogP contribution >= 0.6 is 23.2 Å². The molecule has 91 heavy (non-hydrogen) atoms. The molecule has 0 aliphatic rings. The maximum atomic E-state index is 12.0. The Morgan fingerprint density at radius 2 is 0.747 bits per heavy atom. The van der Waals surface area contributed by atoms with Crippen molar-refractivity contribution >= 4 is 70.2 Å². The lowest BCUT2D eigenvalue weighted by molar-refractivity contribution is -0.131. The number of likely N-dealkylation sites (N-methyl/N-ethyl adjacent to an activating group) is 2. The van der Waals surface area contributed by atoms with E-state index < -0.39 is 28.4 Å². The lowest BCUT2D eigenvalue weighted by atomic mass is 9.89. The third kappa shape index (κ3) is 89.2. The average Bonchev–Trinajstić information content (AvgIpc) is 3.39. The summed E-state index contributed by atoms with van der Waals surface area (Å²) in [6.07, 6.45) is 7.11. The van der Waals surface area contributed by atoms with E-state index in [1.807, 2.05) is 27.7 Å². The molecule has 2 atom stereocenters. The summed E-state index contributed by atoms with van der Waals surface area (Å²) in [5.74, 6) is -1.04. The molecule has 0 aromatic carbocycles. The summed E-state index contributed by atoms with van der Waals surface area (Å²) in [6, 6.07) is 0. The maximum Gasteiger partial charge on any atom is 0.421 e. The summed E-state index contributed by atoms with van der Waals surface area (Å²) in [6.45, 7) is 76.8. The van der Waals surface area contributed by atoms with Crippen molar-refractivity contribution in [1.82, 2.24) is 31.1 Å². The number of allylic oxidation sites excluding steroid dienone is 3. The summed E-state index contributed by atoms with van der Waals surface area (Å²) in [4.78, 5) is 90.9. The molecule has 0 bridgehead atoms. The fourth-order valence-corrected chi connectivity index (χ4v) is 5.30. The first kappa shape index (κ1) is 102. The smallest absolute Gasteiger partial charge is 0.354 e. The van der Waals surface area contributed by atoms with Crippen LogP contribution in [0.5, 0.6) is 0 Å². The normalized spacial score (nSPS) is 12.2. The lowest BCUT2D eigenvalue weighted by Gasteiger charge is -2.25. The number of hydrogen-bond donors (Lipinski definition) is 4. The predicted molar refractivity (Wildman–Crippen MR) is 382 cm³/mol. The molecule has 0 heterocycles. The SMILES string of the molecule is C/C=C/C(=O)CCC(C)(C)C.C=C(C(=O)NCC(C)(C)C)C(F)(F)F.C=C(C)C(=O)NCC(C)(C)C.C=CC(=O)CCC(C)(C)C.C=CC(=O)N(C)CC(C)(C)C.C=CC(=O)N(C)CCC(C)(C)C.CC(Cl)C(=O)NCC(C)(C)C.C[C@@H](Cl)C(=O)NCC(C)(C)C. The number of nitrogens with zero attached hydrogens (tertiary/aromatic N) is 2. The molecule has 534 valence electrons. The van der Waals surface area contributed by atoms with Gasteiger partial charge < -0.3 is 31.1 Å². The second kappa shape index (κ2) is 48.7. The Morgan fingerprint density at radius 3 is 0.989 bits per heavy atom. The van der Waals surface area contributed by atoms with Crippen LogP contribution in [0.15, 0.2) is 74.4 Å². The summed E-state index contributed by atoms with van der Waals surface area (Å²) < 4.78 is 35.9. The van der Waals surface area contributed by atoms with E-state index in [9.17, 15) is 51.5 Å². The van der Waals surface area contributed by atoms with Gasteiger partial charge in [0, 0.05) is 71.8 Å². The number of nitrogens with one attached hydrogen (secondary N) is 4. The van der Waals surface area contributed by atoms with Gasteiger partial charge in [-0.1, -0.05) is 205 Å². The van der Waals surface area contributed by atoms with Gasteiger partial charge in [-0.3, -0.25) is 38.4 Å². The van der Waals surface area contributed by atoms with Crippen molar-refractivity contribution in [1.29, 1.82) is 0 Å². The van der Waals surface area contributed by atoms with Crippen LogP contribution < -0.4 is 21.3 Å². The Morgan fingerprint density at radius 1 is 0.451 bits per heavy atom. The average molecular weight is 1340 g/mol. The molecule has 0 aliphatic carbocycles. The first-order valence-corrected chi connectivity index (χ1v) is 31.9. The highest BCUT2D eigenvalue weighted by atomic mass is 35.5. The molecular formula is C72H133Cl2F3N6O8. The highest BCUT2D eigenvalue weighted by Crippen LogP contribution is 2.25. The highest BCUT2D eigenvalue weighted by molar-refractivity contribution is 6.30. The van der Waals surface area contributed by atoms with Gasteiger partial charge in [0.25, 0.3) is 5.91 Å². The Bertz CT molecular complexity index is 2180. The van der Waals surface area contributed by atoms with Gasteiger partial charge in [-0.25, -0.2) is 0 Å². The van der Waals surface area contributed by atoms with Crippen LogP contribution in [-0.2, 0) is 38.4 Å². The van der Waals surface area contributed by atoms with Gasteiger partial charge in [0.2, 0.25) is 29.5 Å².